The molecule has 1 N–H and O–H groups in total. The predicted octanol–water partition coefficient (Wildman–Crippen LogP) is 3.48. The van der Waals surface area contributed by atoms with Crippen LogP contribution in [0.25, 0.3) is 0 Å². The maximum absolute atomic E-state index is 13.2. The van der Waals surface area contributed by atoms with E-state index in [4.69, 9.17) is 4.74 Å². The molecule has 1 aliphatic heterocycles. The Hall–Kier alpha value is -1.87. The minimum absolute atomic E-state index is 0.0814. The Balaban J connectivity index is 1.56. The van der Waals surface area contributed by atoms with Gasteiger partial charge in [0.1, 0.15) is 17.7 Å². The Morgan fingerprint density at radius 3 is 2.85 bits per heavy atom. The van der Waals surface area contributed by atoms with Crippen molar-refractivity contribution in [1.82, 2.24) is 5.32 Å². The van der Waals surface area contributed by atoms with Gasteiger partial charge in [0, 0.05) is 24.6 Å². The maximum atomic E-state index is 13.2. The quantitative estimate of drug-likeness (QED) is 0.919. The standard InChI is InChI=1S/C17H18FNO/c1-12(13-5-3-2-4-6-13)19-11-16-10-14-9-15(18)7-8-17(14)20-16/h2-9,12,16,19H,10-11H2,1H3/t12-,16?/m1/s1. The van der Waals surface area contributed by atoms with E-state index in [0.29, 0.717) is 0 Å². The number of halogens is 1. The molecule has 0 aromatic heterocycles. The second-order valence-electron chi connectivity index (χ2n) is 5.24. The summed E-state index contributed by atoms with van der Waals surface area (Å²) in [5, 5.41) is 3.47. The molecule has 1 unspecified atom stereocenters. The lowest BCUT2D eigenvalue weighted by atomic mass is 10.1. The third-order valence-electron chi connectivity index (χ3n) is 3.72. The summed E-state index contributed by atoms with van der Waals surface area (Å²) in [5.41, 5.74) is 2.22. The van der Waals surface area contributed by atoms with Gasteiger partial charge in [-0.1, -0.05) is 30.3 Å². The van der Waals surface area contributed by atoms with Gasteiger partial charge >= 0.3 is 0 Å². The van der Waals surface area contributed by atoms with E-state index in [1.807, 2.05) is 18.2 Å². The second kappa shape index (κ2) is 5.63. The molecule has 1 heterocycles. The summed E-state index contributed by atoms with van der Waals surface area (Å²) in [6.07, 6.45) is 0.847. The van der Waals surface area contributed by atoms with Crippen LogP contribution in [0.15, 0.2) is 48.5 Å². The van der Waals surface area contributed by atoms with Crippen molar-refractivity contribution in [3.05, 3.63) is 65.5 Å². The van der Waals surface area contributed by atoms with E-state index in [-0.39, 0.29) is 18.0 Å². The van der Waals surface area contributed by atoms with Crippen LogP contribution in [0.4, 0.5) is 4.39 Å². The molecular weight excluding hydrogens is 253 g/mol. The molecule has 0 aliphatic carbocycles. The lowest BCUT2D eigenvalue weighted by Crippen LogP contribution is -2.31. The average molecular weight is 271 g/mol. The van der Waals surface area contributed by atoms with Gasteiger partial charge in [-0.05, 0) is 30.7 Å². The van der Waals surface area contributed by atoms with E-state index in [2.05, 4.69) is 24.4 Å². The van der Waals surface area contributed by atoms with Crippen molar-refractivity contribution in [3.63, 3.8) is 0 Å². The van der Waals surface area contributed by atoms with Crippen molar-refractivity contribution in [2.45, 2.75) is 25.5 Å². The molecule has 2 nitrogen and oxygen atoms in total. The first-order valence-corrected chi connectivity index (χ1v) is 6.96. The van der Waals surface area contributed by atoms with Gasteiger partial charge in [0.2, 0.25) is 0 Å². The summed E-state index contributed by atoms with van der Waals surface area (Å²) >= 11 is 0. The molecule has 3 heteroatoms. The van der Waals surface area contributed by atoms with Crippen LogP contribution in [0.1, 0.15) is 24.1 Å². The molecule has 2 aromatic rings. The number of benzene rings is 2. The van der Waals surface area contributed by atoms with Gasteiger partial charge in [-0.15, -0.1) is 0 Å². The van der Waals surface area contributed by atoms with Gasteiger partial charge in [-0.2, -0.15) is 0 Å². The Labute approximate surface area is 118 Å². The highest BCUT2D eigenvalue weighted by molar-refractivity contribution is 5.38. The third-order valence-corrected chi connectivity index (χ3v) is 3.72. The van der Waals surface area contributed by atoms with Crippen molar-refractivity contribution in [2.75, 3.05) is 6.54 Å². The van der Waals surface area contributed by atoms with Crippen LogP contribution in [0.3, 0.4) is 0 Å². The molecule has 0 saturated carbocycles. The minimum atomic E-state index is -0.196. The SMILES string of the molecule is C[C@@H](NCC1Cc2cc(F)ccc2O1)c1ccccc1. The molecule has 2 atom stereocenters. The molecule has 2 aromatic carbocycles. The van der Waals surface area contributed by atoms with E-state index >= 15 is 0 Å². The summed E-state index contributed by atoms with van der Waals surface area (Å²) in [7, 11) is 0. The zero-order valence-electron chi connectivity index (χ0n) is 11.5. The minimum Gasteiger partial charge on any atom is -0.488 e. The van der Waals surface area contributed by atoms with Crippen LogP contribution in [0.2, 0.25) is 0 Å². The fraction of sp³-hybridized carbons (Fsp3) is 0.294. The summed E-state index contributed by atoms with van der Waals surface area (Å²) in [4.78, 5) is 0. The topological polar surface area (TPSA) is 21.3 Å². The number of ether oxygens (including phenoxy) is 1. The Morgan fingerprint density at radius 2 is 2.05 bits per heavy atom. The monoisotopic (exact) mass is 271 g/mol. The van der Waals surface area contributed by atoms with Crippen LogP contribution < -0.4 is 10.1 Å². The van der Waals surface area contributed by atoms with Gasteiger partial charge < -0.3 is 10.1 Å². The van der Waals surface area contributed by atoms with Gasteiger partial charge in [-0.25, -0.2) is 4.39 Å². The molecule has 1 aliphatic rings. The Kier molecular flexibility index (Phi) is 3.70. The average Bonchev–Trinajstić information content (AvgIpc) is 2.87. The molecule has 3 rings (SSSR count). The molecule has 0 amide bonds. The van der Waals surface area contributed by atoms with Crippen LogP contribution in [-0.2, 0) is 6.42 Å². The summed E-state index contributed by atoms with van der Waals surface area (Å²) in [5.74, 6) is 0.615. The number of hydrogen-bond acceptors (Lipinski definition) is 2. The summed E-state index contributed by atoms with van der Waals surface area (Å²) in [6.45, 7) is 2.89. The fourth-order valence-electron chi connectivity index (χ4n) is 2.57. The van der Waals surface area contributed by atoms with Gasteiger partial charge in [-0.3, -0.25) is 0 Å². The predicted molar refractivity (Wildman–Crippen MR) is 77.4 cm³/mol. The molecule has 0 saturated heterocycles. The van der Waals surface area contributed by atoms with E-state index in [0.717, 1.165) is 24.3 Å². The first kappa shape index (κ1) is 13.1. The number of rotatable bonds is 4. The van der Waals surface area contributed by atoms with Crippen LogP contribution in [-0.4, -0.2) is 12.6 Å². The van der Waals surface area contributed by atoms with Gasteiger partial charge in [0.05, 0.1) is 0 Å². The van der Waals surface area contributed by atoms with Crippen molar-refractivity contribution < 1.29 is 9.13 Å². The van der Waals surface area contributed by atoms with Gasteiger partial charge in [0.15, 0.2) is 0 Å². The van der Waals surface area contributed by atoms with E-state index in [1.165, 1.54) is 11.6 Å². The van der Waals surface area contributed by atoms with Crippen molar-refractivity contribution in [1.29, 1.82) is 0 Å². The highest BCUT2D eigenvalue weighted by atomic mass is 19.1. The maximum Gasteiger partial charge on any atom is 0.123 e. The van der Waals surface area contributed by atoms with Crippen molar-refractivity contribution in [2.24, 2.45) is 0 Å². The van der Waals surface area contributed by atoms with Gasteiger partial charge in [0.25, 0.3) is 0 Å². The lowest BCUT2D eigenvalue weighted by molar-refractivity contribution is 0.222. The van der Waals surface area contributed by atoms with Crippen LogP contribution >= 0.6 is 0 Å². The van der Waals surface area contributed by atoms with E-state index in [9.17, 15) is 4.39 Å². The van der Waals surface area contributed by atoms with Crippen LogP contribution in [0, 0.1) is 5.82 Å². The molecule has 0 radical (unpaired) electrons. The number of nitrogens with one attached hydrogen (secondary N) is 1. The Bertz CT molecular complexity index is 585. The highest BCUT2D eigenvalue weighted by Crippen LogP contribution is 2.29. The molecule has 0 spiro atoms. The summed E-state index contributed by atoms with van der Waals surface area (Å²) < 4.78 is 19.0. The van der Waals surface area contributed by atoms with Crippen molar-refractivity contribution in [3.8, 4) is 5.75 Å². The third kappa shape index (κ3) is 2.83. The fourth-order valence-corrected chi connectivity index (χ4v) is 2.57. The molecular formula is C17H18FNO. The van der Waals surface area contributed by atoms with E-state index < -0.39 is 0 Å². The molecule has 104 valence electrons. The highest BCUT2D eigenvalue weighted by Gasteiger charge is 2.23. The zero-order valence-corrected chi connectivity index (χ0v) is 11.5. The zero-order chi connectivity index (χ0) is 13.9. The smallest absolute Gasteiger partial charge is 0.123 e. The first-order chi connectivity index (χ1) is 9.72. The first-order valence-electron chi connectivity index (χ1n) is 6.96. The second-order valence-corrected chi connectivity index (χ2v) is 5.24. The van der Waals surface area contributed by atoms with Crippen molar-refractivity contribution >= 4 is 0 Å². The molecule has 0 fully saturated rings. The largest absolute Gasteiger partial charge is 0.488 e. The summed E-state index contributed by atoms with van der Waals surface area (Å²) in [6, 6.07) is 15.3. The lowest BCUT2D eigenvalue weighted by Gasteiger charge is -2.17. The van der Waals surface area contributed by atoms with E-state index in [1.54, 1.807) is 12.1 Å². The van der Waals surface area contributed by atoms with Crippen LogP contribution in [0.5, 0.6) is 5.75 Å². The molecule has 0 bridgehead atoms. The molecule has 20 heavy (non-hydrogen) atoms. The Morgan fingerprint density at radius 1 is 1.25 bits per heavy atom. The normalized spacial score (nSPS) is 18.4. The number of hydrogen-bond donors (Lipinski definition) is 1. The number of fused-ring (bicyclic) bond motifs is 1.